The van der Waals surface area contributed by atoms with Crippen molar-refractivity contribution >= 4 is 22.1 Å². The second kappa shape index (κ2) is 12.1. The number of hydrogen-bond acceptors (Lipinski definition) is 4. The largest absolute Gasteiger partial charge is 0.272 e. The predicted molar refractivity (Wildman–Crippen MR) is 146 cm³/mol. The summed E-state index contributed by atoms with van der Waals surface area (Å²) in [6.45, 7) is 9.61. The fourth-order valence-electron chi connectivity index (χ4n) is 4.23. The molecule has 36 heavy (non-hydrogen) atoms. The Kier molecular flexibility index (Phi) is 9.18. The van der Waals surface area contributed by atoms with Gasteiger partial charge in [-0.2, -0.15) is 9.41 Å². The van der Waals surface area contributed by atoms with E-state index in [1.54, 1.807) is 20.1 Å². The second-order valence-electron chi connectivity index (χ2n) is 9.42. The smallest absolute Gasteiger partial charge is 0.255 e. The van der Waals surface area contributed by atoms with Gasteiger partial charge in [0.2, 0.25) is 10.0 Å². The first kappa shape index (κ1) is 27.3. The number of nitrogens with zero attached hydrogens (tertiary/aromatic N) is 2. The second-order valence-corrected chi connectivity index (χ2v) is 11.3. The van der Waals surface area contributed by atoms with Crippen LogP contribution in [0.2, 0.25) is 0 Å². The van der Waals surface area contributed by atoms with Crippen LogP contribution in [0.1, 0.15) is 53.1 Å². The van der Waals surface area contributed by atoms with Crippen LogP contribution in [0.4, 0.5) is 0 Å². The van der Waals surface area contributed by atoms with Crippen LogP contribution in [0.25, 0.3) is 0 Å². The van der Waals surface area contributed by atoms with Crippen LogP contribution in [0.15, 0.2) is 76.7 Å². The minimum Gasteiger partial charge on any atom is -0.272 e. The van der Waals surface area contributed by atoms with Crippen molar-refractivity contribution in [1.82, 2.24) is 9.73 Å². The van der Waals surface area contributed by atoms with Gasteiger partial charge in [0.15, 0.2) is 0 Å². The molecule has 3 aromatic carbocycles. The molecule has 0 bridgehead atoms. The molecule has 0 unspecified atom stereocenters. The SMILES string of the molecule is Cc1cc(C)c(S(=O)(=O)N(CCc2ccccc2)CC(=O)N/N=C/c2ccc(C(C)C)cc2)c(C)c1. The van der Waals surface area contributed by atoms with Gasteiger partial charge in [0.25, 0.3) is 5.91 Å². The number of hydrazone groups is 1. The van der Waals surface area contributed by atoms with Crippen molar-refractivity contribution in [3.63, 3.8) is 0 Å². The zero-order valence-electron chi connectivity index (χ0n) is 21.7. The molecule has 0 atom stereocenters. The number of rotatable bonds is 10. The lowest BCUT2D eigenvalue weighted by atomic mass is 10.0. The molecule has 0 aromatic heterocycles. The summed E-state index contributed by atoms with van der Waals surface area (Å²) in [5.74, 6) is -0.0654. The highest BCUT2D eigenvalue weighted by Crippen LogP contribution is 2.25. The van der Waals surface area contributed by atoms with E-state index in [1.165, 1.54) is 9.87 Å². The summed E-state index contributed by atoms with van der Waals surface area (Å²) >= 11 is 0. The minimum absolute atomic E-state index is 0.174. The van der Waals surface area contributed by atoms with Gasteiger partial charge in [0.05, 0.1) is 17.7 Å². The summed E-state index contributed by atoms with van der Waals surface area (Å²) in [4.78, 5) is 13.0. The molecule has 0 aliphatic heterocycles. The molecule has 0 spiro atoms. The van der Waals surface area contributed by atoms with Crippen molar-refractivity contribution in [2.75, 3.05) is 13.1 Å². The number of amides is 1. The number of carbonyl (C=O) groups is 1. The van der Waals surface area contributed by atoms with Crippen LogP contribution < -0.4 is 5.43 Å². The Morgan fingerprint density at radius 2 is 1.58 bits per heavy atom. The summed E-state index contributed by atoms with van der Waals surface area (Å²) in [7, 11) is -3.91. The van der Waals surface area contributed by atoms with Gasteiger partial charge in [-0.3, -0.25) is 4.79 Å². The standard InChI is InChI=1S/C29H35N3O3S/c1-21(2)27-13-11-26(12-14-27)19-30-31-28(33)20-32(16-15-25-9-7-6-8-10-25)36(34,35)29-23(4)17-22(3)18-24(29)5/h6-14,17-19,21H,15-16,20H2,1-5H3,(H,31,33)/b30-19+. The Morgan fingerprint density at radius 3 is 2.17 bits per heavy atom. The van der Waals surface area contributed by atoms with Gasteiger partial charge in [0.1, 0.15) is 0 Å². The van der Waals surface area contributed by atoms with Crippen LogP contribution in [0, 0.1) is 20.8 Å². The number of hydrogen-bond donors (Lipinski definition) is 1. The number of nitrogens with one attached hydrogen (secondary N) is 1. The Hall–Kier alpha value is -3.29. The molecule has 0 fully saturated rings. The molecule has 1 amide bonds. The maximum atomic E-state index is 13.7. The normalized spacial score (nSPS) is 12.0. The molecule has 1 N–H and O–H groups in total. The summed E-state index contributed by atoms with van der Waals surface area (Å²) in [6, 6.07) is 21.3. The molecule has 0 aliphatic carbocycles. The Balaban J connectivity index is 1.78. The van der Waals surface area contributed by atoms with Gasteiger partial charge in [0, 0.05) is 6.54 Å². The highest BCUT2D eigenvalue weighted by molar-refractivity contribution is 7.89. The molecule has 0 saturated heterocycles. The number of aryl methyl sites for hydroxylation is 3. The molecular formula is C29H35N3O3S. The minimum atomic E-state index is -3.91. The van der Waals surface area contributed by atoms with Crippen molar-refractivity contribution < 1.29 is 13.2 Å². The van der Waals surface area contributed by atoms with Crippen molar-refractivity contribution in [2.24, 2.45) is 5.10 Å². The maximum Gasteiger partial charge on any atom is 0.255 e. The highest BCUT2D eigenvalue weighted by Gasteiger charge is 2.29. The van der Waals surface area contributed by atoms with E-state index in [2.05, 4.69) is 24.4 Å². The third-order valence-electron chi connectivity index (χ3n) is 6.02. The Labute approximate surface area is 215 Å². The Morgan fingerprint density at radius 1 is 0.972 bits per heavy atom. The van der Waals surface area contributed by atoms with Crippen molar-refractivity contribution in [1.29, 1.82) is 0 Å². The lowest BCUT2D eigenvalue weighted by molar-refractivity contribution is -0.121. The lowest BCUT2D eigenvalue weighted by Gasteiger charge is -2.24. The average molecular weight is 506 g/mol. The fraction of sp³-hybridized carbons (Fsp3) is 0.310. The molecule has 0 saturated carbocycles. The molecule has 0 aliphatic rings. The van der Waals surface area contributed by atoms with Gasteiger partial charge < -0.3 is 0 Å². The van der Waals surface area contributed by atoms with Gasteiger partial charge in [-0.05, 0) is 60.9 Å². The van der Waals surface area contributed by atoms with Crippen LogP contribution in [0.5, 0.6) is 0 Å². The summed E-state index contributed by atoms with van der Waals surface area (Å²) < 4.78 is 28.7. The van der Waals surface area contributed by atoms with Gasteiger partial charge in [-0.1, -0.05) is 86.1 Å². The molecule has 3 aromatic rings. The molecule has 6 nitrogen and oxygen atoms in total. The van der Waals surface area contributed by atoms with Crippen LogP contribution in [-0.2, 0) is 21.2 Å². The van der Waals surface area contributed by atoms with E-state index in [-0.39, 0.29) is 18.0 Å². The van der Waals surface area contributed by atoms with E-state index < -0.39 is 15.9 Å². The first-order valence-electron chi connectivity index (χ1n) is 12.1. The number of sulfonamides is 1. The topological polar surface area (TPSA) is 78.8 Å². The van der Waals surface area contributed by atoms with Crippen molar-refractivity contribution in [3.05, 3.63) is 100 Å². The van der Waals surface area contributed by atoms with E-state index in [0.717, 1.165) is 16.7 Å². The first-order valence-corrected chi connectivity index (χ1v) is 13.6. The molecule has 0 heterocycles. The van der Waals surface area contributed by atoms with E-state index in [1.807, 2.05) is 73.7 Å². The summed E-state index contributed by atoms with van der Waals surface area (Å²) in [5.41, 5.74) is 7.88. The van der Waals surface area contributed by atoms with E-state index in [9.17, 15) is 13.2 Å². The summed E-state index contributed by atoms with van der Waals surface area (Å²) in [5, 5.41) is 4.04. The molecular weight excluding hydrogens is 470 g/mol. The van der Waals surface area contributed by atoms with Crippen molar-refractivity contribution in [2.45, 2.75) is 51.9 Å². The van der Waals surface area contributed by atoms with Crippen LogP contribution in [-0.4, -0.2) is 37.9 Å². The monoisotopic (exact) mass is 505 g/mol. The number of benzene rings is 3. The maximum absolute atomic E-state index is 13.7. The third kappa shape index (κ3) is 7.12. The van der Waals surface area contributed by atoms with Crippen LogP contribution >= 0.6 is 0 Å². The van der Waals surface area contributed by atoms with Gasteiger partial charge in [-0.15, -0.1) is 0 Å². The summed E-state index contributed by atoms with van der Waals surface area (Å²) in [6.07, 6.45) is 2.04. The molecule has 190 valence electrons. The van der Waals surface area contributed by atoms with Crippen molar-refractivity contribution in [3.8, 4) is 0 Å². The van der Waals surface area contributed by atoms with E-state index >= 15 is 0 Å². The predicted octanol–water partition coefficient (Wildman–Crippen LogP) is 5.12. The molecule has 3 rings (SSSR count). The zero-order valence-corrected chi connectivity index (χ0v) is 22.5. The fourth-order valence-corrected chi connectivity index (χ4v) is 6.04. The third-order valence-corrected chi connectivity index (χ3v) is 8.17. The van der Waals surface area contributed by atoms with Gasteiger partial charge >= 0.3 is 0 Å². The van der Waals surface area contributed by atoms with E-state index in [0.29, 0.717) is 23.5 Å². The lowest BCUT2D eigenvalue weighted by Crippen LogP contribution is -2.41. The van der Waals surface area contributed by atoms with Crippen LogP contribution in [0.3, 0.4) is 0 Å². The zero-order chi connectivity index (χ0) is 26.3. The quantitative estimate of drug-likeness (QED) is 0.307. The first-order chi connectivity index (χ1) is 17.1. The molecule has 7 heteroatoms. The highest BCUT2D eigenvalue weighted by atomic mass is 32.2. The average Bonchev–Trinajstić information content (AvgIpc) is 2.81. The Bertz CT molecular complexity index is 1290. The molecule has 0 radical (unpaired) electrons. The number of carbonyl (C=O) groups excluding carboxylic acids is 1. The van der Waals surface area contributed by atoms with E-state index in [4.69, 9.17) is 0 Å². The van der Waals surface area contributed by atoms with Gasteiger partial charge in [-0.25, -0.2) is 13.8 Å².